The van der Waals surface area contributed by atoms with E-state index in [2.05, 4.69) is 10.6 Å². The van der Waals surface area contributed by atoms with Gasteiger partial charge in [0, 0.05) is 30.5 Å². The van der Waals surface area contributed by atoms with Crippen LogP contribution in [-0.4, -0.2) is 31.7 Å². The molecule has 122 valence electrons. The highest BCUT2D eigenvalue weighted by atomic mass is 19.4. The number of piperidine rings is 1. The number of halogens is 3. The van der Waals surface area contributed by atoms with E-state index in [4.69, 9.17) is 0 Å². The van der Waals surface area contributed by atoms with Gasteiger partial charge in [0.2, 0.25) is 5.91 Å². The van der Waals surface area contributed by atoms with Crippen molar-refractivity contribution in [1.29, 1.82) is 0 Å². The summed E-state index contributed by atoms with van der Waals surface area (Å²) >= 11 is 0. The first kappa shape index (κ1) is 16.6. The Kier molecular flexibility index (Phi) is 4.06. The van der Waals surface area contributed by atoms with E-state index in [0.29, 0.717) is 25.8 Å². The van der Waals surface area contributed by atoms with Crippen molar-refractivity contribution in [3.8, 4) is 0 Å². The van der Waals surface area contributed by atoms with Crippen molar-refractivity contribution >= 4 is 5.91 Å². The quantitative estimate of drug-likeness (QED) is 0.792. The highest BCUT2D eigenvalue weighted by Gasteiger charge is 2.81. The number of rotatable bonds is 6. The third-order valence-electron chi connectivity index (χ3n) is 6.06. The molecule has 1 aliphatic heterocycles. The van der Waals surface area contributed by atoms with Crippen LogP contribution >= 0.6 is 0 Å². The number of amides is 1. The fourth-order valence-corrected chi connectivity index (χ4v) is 3.99. The monoisotopic (exact) mass is 306 g/mol. The van der Waals surface area contributed by atoms with Crippen LogP contribution in [0.4, 0.5) is 13.2 Å². The van der Waals surface area contributed by atoms with Gasteiger partial charge < -0.3 is 10.6 Å². The molecule has 0 unspecified atom stereocenters. The van der Waals surface area contributed by atoms with E-state index in [1.807, 2.05) is 20.8 Å². The molecule has 2 N–H and O–H groups in total. The van der Waals surface area contributed by atoms with E-state index in [1.165, 1.54) is 0 Å². The maximum Gasteiger partial charge on any atom is 0.396 e. The summed E-state index contributed by atoms with van der Waals surface area (Å²) in [5.41, 5.74) is -2.90. The molecule has 6 heteroatoms. The molecular weight excluding hydrogens is 281 g/mol. The first-order valence-electron chi connectivity index (χ1n) is 7.78. The van der Waals surface area contributed by atoms with Crippen molar-refractivity contribution in [3.63, 3.8) is 0 Å². The largest absolute Gasteiger partial charge is 0.396 e. The zero-order valence-electron chi connectivity index (χ0n) is 13.0. The summed E-state index contributed by atoms with van der Waals surface area (Å²) in [4.78, 5) is 12.4. The Morgan fingerprint density at radius 3 is 2.14 bits per heavy atom. The van der Waals surface area contributed by atoms with Gasteiger partial charge in [-0.3, -0.25) is 4.79 Å². The molecule has 1 heterocycles. The molecule has 0 aromatic carbocycles. The van der Waals surface area contributed by atoms with Gasteiger partial charge in [-0.1, -0.05) is 20.8 Å². The molecule has 2 atom stereocenters. The lowest BCUT2D eigenvalue weighted by atomic mass is 9.78. The molecule has 0 aromatic heterocycles. The summed E-state index contributed by atoms with van der Waals surface area (Å²) < 4.78 is 39.7. The molecule has 21 heavy (non-hydrogen) atoms. The number of carbonyl (C=O) groups excluding carboxylic acids is 1. The van der Waals surface area contributed by atoms with Crippen molar-refractivity contribution in [2.45, 2.75) is 52.6 Å². The second-order valence-electron chi connectivity index (χ2n) is 6.66. The van der Waals surface area contributed by atoms with Crippen molar-refractivity contribution < 1.29 is 18.0 Å². The number of hydrogen-bond donors (Lipinski definition) is 2. The van der Waals surface area contributed by atoms with Crippen LogP contribution in [0.2, 0.25) is 0 Å². The summed E-state index contributed by atoms with van der Waals surface area (Å²) in [5.74, 6) is -0.0979. The van der Waals surface area contributed by atoms with E-state index in [1.54, 1.807) is 0 Å². The standard InChI is InChI=1S/C15H25F3N2O/c1-4-12(5-2,6-3)11(21)20-9-13-7-14(13,10-19-8-13)15(16,17)18/h19H,4-10H2,1-3H3,(H,20,21)/t13-,14-/m1/s1. The Hall–Kier alpha value is -0.780. The Morgan fingerprint density at radius 2 is 1.71 bits per heavy atom. The number of hydrogen-bond acceptors (Lipinski definition) is 2. The first-order valence-corrected chi connectivity index (χ1v) is 7.78. The maximum atomic E-state index is 13.2. The molecule has 0 bridgehead atoms. The summed E-state index contributed by atoms with van der Waals surface area (Å²) in [6, 6.07) is 0. The smallest absolute Gasteiger partial charge is 0.355 e. The van der Waals surface area contributed by atoms with Crippen molar-refractivity contribution in [2.75, 3.05) is 19.6 Å². The zero-order valence-corrected chi connectivity index (χ0v) is 13.0. The van der Waals surface area contributed by atoms with Crippen LogP contribution in [0.25, 0.3) is 0 Å². The number of fused-ring (bicyclic) bond motifs is 1. The van der Waals surface area contributed by atoms with Gasteiger partial charge in [-0.15, -0.1) is 0 Å². The summed E-state index contributed by atoms with van der Waals surface area (Å²) in [6.07, 6.45) is -1.93. The summed E-state index contributed by atoms with van der Waals surface area (Å²) in [5, 5.41) is 5.66. The molecule has 0 radical (unpaired) electrons. The normalized spacial score (nSPS) is 31.9. The highest BCUT2D eigenvalue weighted by Crippen LogP contribution is 2.72. The second-order valence-corrected chi connectivity index (χ2v) is 6.66. The van der Waals surface area contributed by atoms with Gasteiger partial charge in [-0.2, -0.15) is 13.2 Å². The lowest BCUT2D eigenvalue weighted by molar-refractivity contribution is -0.190. The second kappa shape index (κ2) is 5.14. The lowest BCUT2D eigenvalue weighted by Gasteiger charge is -2.30. The van der Waals surface area contributed by atoms with E-state index in [9.17, 15) is 18.0 Å². The van der Waals surface area contributed by atoms with Gasteiger partial charge in [0.15, 0.2) is 0 Å². The molecule has 1 aliphatic carbocycles. The van der Waals surface area contributed by atoms with E-state index in [-0.39, 0.29) is 25.4 Å². The minimum Gasteiger partial charge on any atom is -0.355 e. The van der Waals surface area contributed by atoms with Gasteiger partial charge >= 0.3 is 6.18 Å². The summed E-state index contributed by atoms with van der Waals surface area (Å²) in [6.45, 7) is 6.31. The summed E-state index contributed by atoms with van der Waals surface area (Å²) in [7, 11) is 0. The molecule has 0 spiro atoms. The van der Waals surface area contributed by atoms with E-state index < -0.39 is 22.4 Å². The van der Waals surface area contributed by atoms with Crippen molar-refractivity contribution in [3.05, 3.63) is 0 Å². The minimum atomic E-state index is -4.20. The molecule has 2 rings (SSSR count). The fraction of sp³-hybridized carbons (Fsp3) is 0.933. The van der Waals surface area contributed by atoms with Gasteiger partial charge in [0.25, 0.3) is 0 Å². The van der Waals surface area contributed by atoms with Gasteiger partial charge in [0.1, 0.15) is 0 Å². The van der Waals surface area contributed by atoms with Crippen LogP contribution in [0.5, 0.6) is 0 Å². The fourth-order valence-electron chi connectivity index (χ4n) is 3.99. The highest BCUT2D eigenvalue weighted by molar-refractivity contribution is 5.82. The molecule has 1 amide bonds. The number of alkyl halides is 3. The third kappa shape index (κ3) is 2.26. The topological polar surface area (TPSA) is 41.1 Å². The van der Waals surface area contributed by atoms with Crippen molar-refractivity contribution in [1.82, 2.24) is 10.6 Å². The third-order valence-corrected chi connectivity index (χ3v) is 6.06. The Bertz CT molecular complexity index is 411. The first-order chi connectivity index (χ1) is 9.72. The zero-order chi connectivity index (χ0) is 15.9. The van der Waals surface area contributed by atoms with Crippen LogP contribution in [0, 0.1) is 16.2 Å². The molecule has 2 fully saturated rings. The molecular formula is C15H25F3N2O. The number of nitrogens with one attached hydrogen (secondary N) is 2. The van der Waals surface area contributed by atoms with Crippen molar-refractivity contribution in [2.24, 2.45) is 16.2 Å². The van der Waals surface area contributed by atoms with Crippen LogP contribution < -0.4 is 10.6 Å². The maximum absolute atomic E-state index is 13.2. The van der Waals surface area contributed by atoms with E-state index >= 15 is 0 Å². The van der Waals surface area contributed by atoms with Crippen LogP contribution in [0.3, 0.4) is 0 Å². The molecule has 3 nitrogen and oxygen atoms in total. The molecule has 0 aromatic rings. The Balaban J connectivity index is 2.03. The lowest BCUT2D eigenvalue weighted by Crippen LogP contribution is -2.44. The molecule has 1 saturated carbocycles. The predicted octanol–water partition coefficient (Wildman–Crippen LogP) is 2.86. The predicted molar refractivity (Wildman–Crippen MR) is 74.7 cm³/mol. The number of carbonyl (C=O) groups is 1. The van der Waals surface area contributed by atoms with Gasteiger partial charge in [-0.05, 0) is 25.7 Å². The van der Waals surface area contributed by atoms with Crippen LogP contribution in [0.1, 0.15) is 46.5 Å². The average molecular weight is 306 g/mol. The molecule has 1 saturated heterocycles. The van der Waals surface area contributed by atoms with Crippen LogP contribution in [-0.2, 0) is 4.79 Å². The van der Waals surface area contributed by atoms with Gasteiger partial charge in [-0.25, -0.2) is 0 Å². The van der Waals surface area contributed by atoms with E-state index in [0.717, 1.165) is 0 Å². The Labute approximate surface area is 124 Å². The minimum absolute atomic E-state index is 0.0210. The van der Waals surface area contributed by atoms with Crippen LogP contribution in [0.15, 0.2) is 0 Å². The SMILES string of the molecule is CCC(CC)(CC)C(=O)NC[C@@]12CNC[C@]1(C(F)(F)F)C2. The molecule has 2 aliphatic rings. The Morgan fingerprint density at radius 1 is 1.14 bits per heavy atom. The van der Waals surface area contributed by atoms with Gasteiger partial charge in [0.05, 0.1) is 5.41 Å². The average Bonchev–Trinajstić information content (AvgIpc) is 2.96.